The number of carbonyl (C=O) groups excluding carboxylic acids is 1. The fraction of sp³-hybridized carbons (Fsp3) is 0.192. The summed E-state index contributed by atoms with van der Waals surface area (Å²) in [5.41, 5.74) is 6.88. The minimum absolute atomic E-state index is 0.0782. The van der Waals surface area contributed by atoms with Crippen molar-refractivity contribution in [2.45, 2.75) is 13.0 Å². The highest BCUT2D eigenvalue weighted by molar-refractivity contribution is 5.95. The minimum Gasteiger partial charge on any atom is -0.482 e. The lowest BCUT2D eigenvalue weighted by Crippen LogP contribution is -2.25. The van der Waals surface area contributed by atoms with E-state index in [0.717, 1.165) is 58.7 Å². The van der Waals surface area contributed by atoms with Crippen LogP contribution in [0.1, 0.15) is 11.1 Å². The molecule has 0 saturated carbocycles. The van der Waals surface area contributed by atoms with Crippen LogP contribution in [0.15, 0.2) is 66.9 Å². The average molecular weight is 441 g/mol. The molecule has 0 bridgehead atoms. The molecule has 0 spiro atoms. The molecule has 1 aliphatic rings. The SMILES string of the molecule is COc1ccc2nccc(-c3ccc(CNCCc4ccc5c(c4)NC(=O)CO5)cc3)c2n1. The molecule has 1 aliphatic heterocycles. The Morgan fingerprint density at radius 3 is 2.76 bits per heavy atom. The van der Waals surface area contributed by atoms with E-state index in [1.165, 1.54) is 5.56 Å². The summed E-state index contributed by atoms with van der Waals surface area (Å²) in [7, 11) is 1.61. The number of aromatic nitrogens is 2. The third-order valence-electron chi connectivity index (χ3n) is 5.63. The predicted octanol–water partition coefficient (Wildman–Crippen LogP) is 3.97. The van der Waals surface area contributed by atoms with Crippen molar-refractivity contribution in [1.82, 2.24) is 15.3 Å². The van der Waals surface area contributed by atoms with Crippen molar-refractivity contribution in [3.05, 3.63) is 78.0 Å². The van der Waals surface area contributed by atoms with Crippen LogP contribution in [-0.4, -0.2) is 36.1 Å². The second kappa shape index (κ2) is 9.26. The van der Waals surface area contributed by atoms with Crippen molar-refractivity contribution >= 4 is 22.6 Å². The number of amides is 1. The number of benzene rings is 2. The normalized spacial score (nSPS) is 12.7. The van der Waals surface area contributed by atoms with E-state index in [1.54, 1.807) is 13.3 Å². The van der Waals surface area contributed by atoms with Crippen LogP contribution < -0.4 is 20.1 Å². The average Bonchev–Trinajstić information content (AvgIpc) is 2.86. The highest BCUT2D eigenvalue weighted by atomic mass is 16.5. The number of fused-ring (bicyclic) bond motifs is 2. The minimum atomic E-state index is -0.115. The van der Waals surface area contributed by atoms with E-state index in [1.807, 2.05) is 36.4 Å². The van der Waals surface area contributed by atoms with E-state index >= 15 is 0 Å². The Balaban J connectivity index is 1.20. The van der Waals surface area contributed by atoms with E-state index in [2.05, 4.69) is 44.9 Å². The summed E-state index contributed by atoms with van der Waals surface area (Å²) in [6.45, 7) is 1.68. The molecule has 33 heavy (non-hydrogen) atoms. The van der Waals surface area contributed by atoms with E-state index < -0.39 is 0 Å². The number of pyridine rings is 2. The lowest BCUT2D eigenvalue weighted by molar-refractivity contribution is -0.118. The molecule has 0 saturated heterocycles. The Bertz CT molecular complexity index is 1300. The molecule has 0 unspecified atom stereocenters. The number of ether oxygens (including phenoxy) is 2. The second-order valence-corrected chi connectivity index (χ2v) is 7.87. The van der Waals surface area contributed by atoms with Crippen molar-refractivity contribution < 1.29 is 14.3 Å². The molecule has 7 nitrogen and oxygen atoms in total. The molecule has 3 heterocycles. The monoisotopic (exact) mass is 440 g/mol. The summed E-state index contributed by atoms with van der Waals surface area (Å²) in [5.74, 6) is 1.18. The van der Waals surface area contributed by atoms with Gasteiger partial charge < -0.3 is 20.1 Å². The molecule has 0 aliphatic carbocycles. The summed E-state index contributed by atoms with van der Waals surface area (Å²) < 4.78 is 10.7. The molecule has 1 amide bonds. The van der Waals surface area contributed by atoms with Gasteiger partial charge in [-0.15, -0.1) is 0 Å². The molecule has 0 fully saturated rings. The van der Waals surface area contributed by atoms with E-state index in [0.29, 0.717) is 5.88 Å². The zero-order valence-corrected chi connectivity index (χ0v) is 18.3. The smallest absolute Gasteiger partial charge is 0.262 e. The van der Waals surface area contributed by atoms with Gasteiger partial charge in [0.1, 0.15) is 11.3 Å². The zero-order valence-electron chi connectivity index (χ0n) is 18.3. The van der Waals surface area contributed by atoms with Crippen LogP contribution in [0.25, 0.3) is 22.2 Å². The van der Waals surface area contributed by atoms with Crippen LogP contribution in [0.4, 0.5) is 5.69 Å². The van der Waals surface area contributed by atoms with Gasteiger partial charge in [-0.2, -0.15) is 0 Å². The van der Waals surface area contributed by atoms with Gasteiger partial charge in [-0.1, -0.05) is 30.3 Å². The maximum absolute atomic E-state index is 11.5. The molecule has 0 radical (unpaired) electrons. The molecule has 2 aromatic carbocycles. The van der Waals surface area contributed by atoms with Gasteiger partial charge in [0, 0.05) is 24.4 Å². The third-order valence-corrected chi connectivity index (χ3v) is 5.63. The van der Waals surface area contributed by atoms with Crippen molar-refractivity contribution in [1.29, 1.82) is 0 Å². The molecular formula is C26H24N4O3. The van der Waals surface area contributed by atoms with Gasteiger partial charge in [0.15, 0.2) is 6.61 Å². The van der Waals surface area contributed by atoms with Gasteiger partial charge >= 0.3 is 0 Å². The molecule has 2 N–H and O–H groups in total. The predicted molar refractivity (Wildman–Crippen MR) is 128 cm³/mol. The van der Waals surface area contributed by atoms with Gasteiger partial charge in [0.05, 0.1) is 18.3 Å². The molecule has 7 heteroatoms. The topological polar surface area (TPSA) is 85.4 Å². The summed E-state index contributed by atoms with van der Waals surface area (Å²) in [5, 5.41) is 6.34. The van der Waals surface area contributed by atoms with Crippen LogP contribution in [0.5, 0.6) is 11.6 Å². The number of methoxy groups -OCH3 is 1. The second-order valence-electron chi connectivity index (χ2n) is 7.87. The van der Waals surface area contributed by atoms with Crippen LogP contribution in [0.2, 0.25) is 0 Å². The number of carbonyl (C=O) groups is 1. The fourth-order valence-corrected chi connectivity index (χ4v) is 3.91. The number of hydrogen-bond acceptors (Lipinski definition) is 6. The lowest BCUT2D eigenvalue weighted by atomic mass is 10.0. The number of anilines is 1. The molecule has 0 atom stereocenters. The molecule has 2 aromatic heterocycles. The first-order valence-electron chi connectivity index (χ1n) is 10.8. The Morgan fingerprint density at radius 1 is 1.06 bits per heavy atom. The summed E-state index contributed by atoms with van der Waals surface area (Å²) in [6.07, 6.45) is 2.66. The highest BCUT2D eigenvalue weighted by Gasteiger charge is 2.15. The van der Waals surface area contributed by atoms with Crippen LogP contribution >= 0.6 is 0 Å². The maximum atomic E-state index is 11.5. The lowest BCUT2D eigenvalue weighted by Gasteiger charge is -2.18. The Morgan fingerprint density at radius 2 is 1.91 bits per heavy atom. The molecule has 166 valence electrons. The first kappa shape index (κ1) is 20.9. The van der Waals surface area contributed by atoms with Gasteiger partial charge in [0.2, 0.25) is 5.88 Å². The quantitative estimate of drug-likeness (QED) is 0.423. The number of hydrogen-bond donors (Lipinski definition) is 2. The Hall–Kier alpha value is -3.97. The fourth-order valence-electron chi connectivity index (χ4n) is 3.91. The van der Waals surface area contributed by atoms with Gasteiger partial charge in [-0.05, 0) is 53.9 Å². The maximum Gasteiger partial charge on any atom is 0.262 e. The summed E-state index contributed by atoms with van der Waals surface area (Å²) in [4.78, 5) is 20.5. The summed E-state index contributed by atoms with van der Waals surface area (Å²) in [6, 6.07) is 20.1. The van der Waals surface area contributed by atoms with Gasteiger partial charge in [-0.3, -0.25) is 9.78 Å². The Kier molecular flexibility index (Phi) is 5.87. The van der Waals surface area contributed by atoms with E-state index in [9.17, 15) is 4.79 Å². The number of nitrogens with zero attached hydrogens (tertiary/aromatic N) is 2. The summed E-state index contributed by atoms with van der Waals surface area (Å²) >= 11 is 0. The molecular weight excluding hydrogens is 416 g/mol. The molecule has 5 rings (SSSR count). The van der Waals surface area contributed by atoms with E-state index in [-0.39, 0.29) is 12.5 Å². The largest absolute Gasteiger partial charge is 0.482 e. The number of rotatable bonds is 7. The van der Waals surface area contributed by atoms with Crippen molar-refractivity contribution in [3.63, 3.8) is 0 Å². The Labute approximate surface area is 191 Å². The van der Waals surface area contributed by atoms with E-state index in [4.69, 9.17) is 9.47 Å². The first-order chi connectivity index (χ1) is 16.2. The van der Waals surface area contributed by atoms with Crippen LogP contribution in [-0.2, 0) is 17.8 Å². The standard InChI is InChI=1S/C26H24N4O3/c1-32-25-9-7-21-26(30-25)20(11-13-28-21)19-5-2-18(3-6-19)15-27-12-10-17-4-8-23-22(14-17)29-24(31)16-33-23/h2-9,11,13-14,27H,10,12,15-16H2,1H3,(H,29,31). The first-order valence-corrected chi connectivity index (χ1v) is 10.8. The van der Waals surface area contributed by atoms with Crippen molar-refractivity contribution in [2.24, 2.45) is 0 Å². The van der Waals surface area contributed by atoms with Gasteiger partial charge in [-0.25, -0.2) is 4.98 Å². The van der Waals surface area contributed by atoms with Gasteiger partial charge in [0.25, 0.3) is 5.91 Å². The van der Waals surface area contributed by atoms with Crippen molar-refractivity contribution in [2.75, 3.05) is 25.6 Å². The van der Waals surface area contributed by atoms with Crippen LogP contribution in [0, 0.1) is 0 Å². The third kappa shape index (κ3) is 4.63. The highest BCUT2D eigenvalue weighted by Crippen LogP contribution is 2.29. The van der Waals surface area contributed by atoms with Crippen molar-refractivity contribution in [3.8, 4) is 22.8 Å². The van der Waals surface area contributed by atoms with Crippen LogP contribution in [0.3, 0.4) is 0 Å². The zero-order chi connectivity index (χ0) is 22.6. The number of nitrogens with one attached hydrogen (secondary N) is 2. The molecule has 4 aromatic rings.